The molecule has 0 bridgehead atoms. The topological polar surface area (TPSA) is 679 Å². The predicted octanol–water partition coefficient (Wildman–Crippen LogP) is -5.99. The van der Waals surface area contributed by atoms with E-state index in [-0.39, 0.29) is 96.0 Å². The summed E-state index contributed by atoms with van der Waals surface area (Å²) in [6.45, 7) is 1.05. The Balaban J connectivity index is 1.17. The summed E-state index contributed by atoms with van der Waals surface area (Å²) in [7, 11) is 3.78. The molecule has 3 aromatic carbocycles. The molecule has 0 unspecified atom stereocenters. The van der Waals surface area contributed by atoms with Crippen molar-refractivity contribution in [3.8, 4) is 5.75 Å². The minimum absolute atomic E-state index is 0.0184. The molecule has 3 aliphatic rings. The maximum absolute atomic E-state index is 15.3. The normalized spacial score (nSPS) is 25.2. The van der Waals surface area contributed by atoms with Crippen molar-refractivity contribution < 1.29 is 102 Å². The highest BCUT2D eigenvalue weighted by Crippen LogP contribution is 2.27. The molecule has 15 atom stereocenters. The predicted molar refractivity (Wildman–Crippen MR) is 474 cm³/mol. The number of aliphatic hydroxyl groups is 3. The molecule has 708 valence electrons. The first-order chi connectivity index (χ1) is 61.9. The number of aromatic amines is 2. The highest BCUT2D eigenvalue weighted by molar-refractivity contribution is 8.00. The summed E-state index contributed by atoms with van der Waals surface area (Å²) in [6, 6.07) is -2.70. The Morgan fingerprint density at radius 3 is 1.67 bits per heavy atom. The number of nitrogens with one attached hydrogen (secondary N) is 14. The number of hydrogen-bond acceptors (Lipinski definition) is 24. The number of phenols is 1. The van der Waals surface area contributed by atoms with Gasteiger partial charge in [0.15, 0.2) is 5.96 Å². The van der Waals surface area contributed by atoms with Crippen molar-refractivity contribution in [1.29, 1.82) is 5.41 Å². The molecule has 2 aromatic heterocycles. The number of hydrogen-bond donors (Lipinski definition) is 22. The molecule has 3 aliphatic heterocycles. The summed E-state index contributed by atoms with van der Waals surface area (Å²) in [4.78, 5) is 258. The number of benzene rings is 3. The summed E-state index contributed by atoms with van der Waals surface area (Å²) in [5, 5.41) is 80.1. The van der Waals surface area contributed by atoms with Gasteiger partial charge in [0.2, 0.25) is 100 Å². The third-order valence-electron chi connectivity index (χ3n) is 23.1. The van der Waals surface area contributed by atoms with Crippen LogP contribution >= 0.6 is 11.8 Å². The number of guanidine groups is 1. The number of aromatic nitrogens is 2. The number of likely N-dealkylation sites (N-methyl/N-ethyl adjacent to an activating group) is 3. The van der Waals surface area contributed by atoms with Crippen molar-refractivity contribution in [3.63, 3.8) is 0 Å². The lowest BCUT2D eigenvalue weighted by Crippen LogP contribution is -2.61. The zero-order valence-electron chi connectivity index (χ0n) is 73.4. The Bertz CT molecular complexity index is 4900. The van der Waals surface area contributed by atoms with E-state index in [2.05, 4.69) is 68.5 Å². The van der Waals surface area contributed by atoms with Gasteiger partial charge in [0.1, 0.15) is 90.3 Å². The van der Waals surface area contributed by atoms with Gasteiger partial charge in [0.05, 0.1) is 31.4 Å². The molecule has 3 saturated heterocycles. The number of carbonyl (C=O) groups excluding carboxylic acids is 17. The highest BCUT2D eigenvalue weighted by atomic mass is 32.2. The molecule has 0 aliphatic carbocycles. The highest BCUT2D eigenvalue weighted by Gasteiger charge is 2.46. The van der Waals surface area contributed by atoms with E-state index in [1.54, 1.807) is 67.8 Å². The molecule has 0 radical (unpaired) electrons. The lowest BCUT2D eigenvalue weighted by Gasteiger charge is -2.34. The molecule has 5 heterocycles. The van der Waals surface area contributed by atoms with Gasteiger partial charge in [-0.15, -0.1) is 11.8 Å². The fourth-order valence-electron chi connectivity index (χ4n) is 15.6. The van der Waals surface area contributed by atoms with Crippen LogP contribution in [0.3, 0.4) is 0 Å². The second-order valence-electron chi connectivity index (χ2n) is 32.5. The number of rotatable bonds is 24. The zero-order valence-corrected chi connectivity index (χ0v) is 74.2. The number of para-hydroxylation sites is 2. The quantitative estimate of drug-likeness (QED) is 0.0155. The van der Waals surface area contributed by atoms with Crippen molar-refractivity contribution in [2.75, 3.05) is 78.6 Å². The van der Waals surface area contributed by atoms with Crippen molar-refractivity contribution in [3.05, 3.63) is 102 Å². The minimum atomic E-state index is -1.90. The van der Waals surface area contributed by atoms with E-state index in [0.29, 0.717) is 44.9 Å². The lowest BCUT2D eigenvalue weighted by atomic mass is 10.0. The van der Waals surface area contributed by atoms with Crippen LogP contribution in [0.5, 0.6) is 5.75 Å². The lowest BCUT2D eigenvalue weighted by molar-refractivity contribution is -0.148. The van der Waals surface area contributed by atoms with Gasteiger partial charge in [0.25, 0.3) is 0 Å². The van der Waals surface area contributed by atoms with E-state index in [4.69, 9.17) is 28.3 Å². The number of carbonyl (C=O) groups is 17. The summed E-state index contributed by atoms with van der Waals surface area (Å²) in [5.74, 6) is -18.3. The molecule has 0 saturated carbocycles. The maximum Gasteiger partial charge on any atom is 0.246 e. The third-order valence-corrected chi connectivity index (χ3v) is 24.1. The first-order valence-electron chi connectivity index (χ1n) is 43.0. The number of aliphatic hydroxyl groups excluding tert-OH is 3. The van der Waals surface area contributed by atoms with E-state index in [1.165, 1.54) is 59.3 Å². The molecule has 0 spiro atoms. The Kier molecular flexibility index (Phi) is 38.6. The molecule has 26 N–H and O–H groups in total. The van der Waals surface area contributed by atoms with Gasteiger partial charge in [-0.3, -0.25) is 86.9 Å². The first kappa shape index (κ1) is 102. The number of phenolic OH excluding ortho intramolecular Hbond substituents is 1. The monoisotopic (exact) mass is 1830 g/mol. The molecular formula is C85H121N23O21S. The fourth-order valence-corrected chi connectivity index (χ4v) is 16.5. The minimum Gasteiger partial charge on any atom is -0.508 e. The van der Waals surface area contributed by atoms with Gasteiger partial charge < -0.3 is 136 Å². The molecule has 45 heteroatoms. The maximum atomic E-state index is 15.3. The van der Waals surface area contributed by atoms with Crippen LogP contribution in [0, 0.1) is 5.41 Å². The molecule has 130 heavy (non-hydrogen) atoms. The van der Waals surface area contributed by atoms with Crippen LogP contribution < -0.4 is 81.4 Å². The average Bonchev–Trinajstić information content (AvgIpc) is 1.53. The van der Waals surface area contributed by atoms with Crippen LogP contribution in [0.4, 0.5) is 0 Å². The summed E-state index contributed by atoms with van der Waals surface area (Å²) < 4.78 is 0. The Morgan fingerprint density at radius 2 is 1.06 bits per heavy atom. The van der Waals surface area contributed by atoms with Gasteiger partial charge in [-0.1, -0.05) is 68.3 Å². The Hall–Kier alpha value is -13.0. The van der Waals surface area contributed by atoms with Crippen LogP contribution in [0.2, 0.25) is 0 Å². The molecule has 44 nitrogen and oxygen atoms in total. The number of H-pyrrole nitrogens is 2. The van der Waals surface area contributed by atoms with Crippen LogP contribution in [-0.2, 0) is 101 Å². The standard InChI is InChI=1S/C85H121N23O21S/c1-7-8-22-65-77(122)101-62(37-68(87)113)84(129)107-31-15-23-66(107)78(123)102-63(42-110)76(121)98-58(28-32-109)83(128)108-41-51(112)36-67(108)79(124)99-59(34-48-38-92-54-18-11-9-16-52(48)54)75(120)97-56(20-13-29-86)73(118)100-61(35-49-39-93-55-19-12-10-17-53(49)55)81(126)105(5)46(3)80(125)104(4)45(2)71(116)96-57(21-14-30-91-85(89)90)74(119)103-64(72(117)94-40-69(88)114)43-130-44-70(115)95-60(82(127)106(65)6)33-47-24-26-50(111)27-25-47/h9-12,16-19,24-27,38-39,45-46,51,56-67,92-93,109-112H,7-8,13-15,20-23,28-37,40-44,86H2,1-6H3,(H2,87,113)(H2,88,114)(H,94,117)(H,95,115)(H,96,116)(H,97,120)(H,98,121)(H,99,124)(H,100,118)(H,101,122)(H,102,123)(H,103,119)(H4,89,90,91)/t45-,46-,51+,56-,57-,58-,59-,60-,61-,62+,63-,64-,65-,66-,67-/m0/s1. The van der Waals surface area contributed by atoms with Crippen LogP contribution in [0.1, 0.15) is 115 Å². The smallest absolute Gasteiger partial charge is 0.246 e. The largest absolute Gasteiger partial charge is 0.508 e. The second kappa shape index (κ2) is 49.0. The summed E-state index contributed by atoms with van der Waals surface area (Å²) in [6.07, 6.45) is -0.423. The van der Waals surface area contributed by atoms with E-state index >= 15 is 24.0 Å². The van der Waals surface area contributed by atoms with Crippen molar-refractivity contribution >= 4 is 140 Å². The first-order valence-corrected chi connectivity index (χ1v) is 44.1. The van der Waals surface area contributed by atoms with Crippen molar-refractivity contribution in [2.24, 2.45) is 22.9 Å². The average molecular weight is 1830 g/mol. The number of amides is 17. The number of primary amides is 2. The van der Waals surface area contributed by atoms with E-state index in [9.17, 15) is 78.0 Å². The SMILES string of the molecule is CCCC[C@H]1C(=O)N[C@H](CC(N)=O)C(=O)N2CCC[C@H]2C(=O)N[C@@H](CO)C(=O)N[C@@H](CCO)C(=O)N2C[C@H](O)C[C@H]2C(=O)N[C@@H](Cc2c[nH]c3ccccc23)C(=O)N[C@@H](CCCN)C(=O)N[C@@H](Cc2c[nH]c3ccccc23)C(=O)N(C)[C@@H](C)C(=O)N(C)[C@@H](C)C(=O)N[C@@H](CCCNC(=N)N)C(=O)N[C@H](C(=O)NCC(N)=O)CSCC(=O)N[C@@H](Cc2ccc(O)cc2)C(=O)N1C. The summed E-state index contributed by atoms with van der Waals surface area (Å²) >= 11 is 0.750. The van der Waals surface area contributed by atoms with Gasteiger partial charge in [-0.05, 0) is 113 Å². The van der Waals surface area contributed by atoms with E-state index < -0.39 is 254 Å². The third kappa shape index (κ3) is 28.2. The van der Waals surface area contributed by atoms with Crippen LogP contribution in [-0.4, -0.2) is 331 Å². The Morgan fingerprint density at radius 1 is 0.531 bits per heavy atom. The van der Waals surface area contributed by atoms with Crippen molar-refractivity contribution in [2.45, 2.75) is 208 Å². The van der Waals surface area contributed by atoms with Gasteiger partial charge >= 0.3 is 0 Å². The number of nitrogens with zero attached hydrogens (tertiary/aromatic N) is 5. The Labute approximate surface area is 753 Å². The number of fused-ring (bicyclic) bond motifs is 4. The zero-order chi connectivity index (χ0) is 95.3. The molecule has 3 fully saturated rings. The number of unbranched alkanes of at least 4 members (excludes halogenated alkanes) is 1. The summed E-state index contributed by atoms with van der Waals surface area (Å²) in [5.41, 5.74) is 25.4. The number of nitrogens with two attached hydrogens (primary N) is 4. The molecular weight excluding hydrogens is 1710 g/mol. The number of thioether (sulfide) groups is 1. The van der Waals surface area contributed by atoms with Crippen LogP contribution in [0.15, 0.2) is 85.2 Å². The molecule has 5 aromatic rings. The fraction of sp³-hybridized carbons (Fsp3) is 0.529. The van der Waals surface area contributed by atoms with Crippen LogP contribution in [0.25, 0.3) is 21.8 Å². The number of aromatic hydroxyl groups is 1. The van der Waals surface area contributed by atoms with E-state index in [0.717, 1.165) is 36.3 Å². The van der Waals surface area contributed by atoms with E-state index in [1.807, 2.05) is 0 Å². The second-order valence-corrected chi connectivity index (χ2v) is 33.6. The van der Waals surface area contributed by atoms with Crippen molar-refractivity contribution in [1.82, 2.24) is 93.0 Å². The molecule has 8 rings (SSSR count). The van der Waals surface area contributed by atoms with Gasteiger partial charge in [-0.25, -0.2) is 0 Å². The van der Waals surface area contributed by atoms with Gasteiger partial charge in [0, 0.05) is 113 Å². The molecule has 17 amide bonds. The van der Waals surface area contributed by atoms with Gasteiger partial charge in [-0.2, -0.15) is 0 Å².